The Kier molecular flexibility index (Phi) is 10.9. The molecule has 1 aliphatic rings. The Balaban J connectivity index is 0.00000529. The molecule has 142 valence electrons. The van der Waals surface area contributed by atoms with Gasteiger partial charge in [0.1, 0.15) is 6.54 Å². The Labute approximate surface area is 164 Å². The van der Waals surface area contributed by atoms with Gasteiger partial charge in [-0.25, -0.2) is 4.99 Å². The Bertz CT molecular complexity index is 398. The molecule has 1 saturated heterocycles. The summed E-state index contributed by atoms with van der Waals surface area (Å²) in [4.78, 5) is 18.8. The maximum atomic E-state index is 11.9. The van der Waals surface area contributed by atoms with E-state index in [4.69, 9.17) is 0 Å². The molecule has 3 N–H and O–H groups in total. The van der Waals surface area contributed by atoms with Crippen molar-refractivity contribution in [1.82, 2.24) is 20.9 Å². The van der Waals surface area contributed by atoms with Crippen LogP contribution in [-0.2, 0) is 4.79 Å². The molecule has 1 amide bonds. The van der Waals surface area contributed by atoms with Gasteiger partial charge in [-0.15, -0.1) is 24.0 Å². The Morgan fingerprint density at radius 1 is 1.25 bits per heavy atom. The van der Waals surface area contributed by atoms with E-state index in [1.165, 1.54) is 0 Å². The number of hydrogen-bond donors (Lipinski definition) is 3. The molecule has 0 aromatic heterocycles. The van der Waals surface area contributed by atoms with Crippen molar-refractivity contribution in [2.24, 2.45) is 4.99 Å². The van der Waals surface area contributed by atoms with Crippen molar-refractivity contribution in [1.29, 1.82) is 0 Å². The highest BCUT2D eigenvalue weighted by atomic mass is 127. The van der Waals surface area contributed by atoms with Crippen LogP contribution in [0.1, 0.15) is 54.4 Å². The second kappa shape index (κ2) is 11.1. The lowest BCUT2D eigenvalue weighted by atomic mass is 10.0. The van der Waals surface area contributed by atoms with E-state index in [9.17, 15) is 4.79 Å². The standard InChI is InChI=1S/C17H35N5O.HI/c1-7-18-16(19-12-15(23)21-17(4,5)6)20-14-8-10-22(11-9-14)13(2)3;/h13-14H,7-12H2,1-6H3,(H,21,23)(H2,18,19,20);1H. The van der Waals surface area contributed by atoms with Crippen molar-refractivity contribution in [2.45, 2.75) is 72.0 Å². The van der Waals surface area contributed by atoms with Gasteiger partial charge in [-0.3, -0.25) is 4.79 Å². The highest BCUT2D eigenvalue weighted by Crippen LogP contribution is 2.12. The second-order valence-corrected chi connectivity index (χ2v) is 7.54. The Morgan fingerprint density at radius 2 is 1.83 bits per heavy atom. The second-order valence-electron chi connectivity index (χ2n) is 7.54. The fourth-order valence-electron chi connectivity index (χ4n) is 2.68. The predicted octanol–water partition coefficient (Wildman–Crippen LogP) is 1.95. The lowest BCUT2D eigenvalue weighted by Gasteiger charge is -2.35. The van der Waals surface area contributed by atoms with Crippen LogP contribution >= 0.6 is 24.0 Å². The average molecular weight is 453 g/mol. The van der Waals surface area contributed by atoms with Gasteiger partial charge in [0.25, 0.3) is 0 Å². The van der Waals surface area contributed by atoms with Gasteiger partial charge >= 0.3 is 0 Å². The van der Waals surface area contributed by atoms with E-state index in [0.717, 1.165) is 38.4 Å². The molecule has 0 unspecified atom stereocenters. The van der Waals surface area contributed by atoms with Crippen molar-refractivity contribution < 1.29 is 4.79 Å². The number of hydrogen-bond acceptors (Lipinski definition) is 3. The third-order valence-corrected chi connectivity index (χ3v) is 3.84. The molecule has 0 aromatic carbocycles. The van der Waals surface area contributed by atoms with Gasteiger partial charge < -0.3 is 20.9 Å². The summed E-state index contributed by atoms with van der Waals surface area (Å²) in [5.41, 5.74) is -0.220. The van der Waals surface area contributed by atoms with Gasteiger partial charge in [0.15, 0.2) is 5.96 Å². The highest BCUT2D eigenvalue weighted by Gasteiger charge is 2.21. The molecule has 1 rings (SSSR count). The minimum Gasteiger partial charge on any atom is -0.357 e. The number of nitrogens with one attached hydrogen (secondary N) is 3. The molecule has 0 aromatic rings. The maximum Gasteiger partial charge on any atom is 0.242 e. The monoisotopic (exact) mass is 453 g/mol. The third kappa shape index (κ3) is 9.66. The first kappa shape index (κ1) is 23.4. The summed E-state index contributed by atoms with van der Waals surface area (Å²) >= 11 is 0. The quantitative estimate of drug-likeness (QED) is 0.338. The molecular formula is C17H36IN5O. The molecule has 0 aliphatic carbocycles. The van der Waals surface area contributed by atoms with E-state index < -0.39 is 0 Å². The molecule has 0 saturated carbocycles. The zero-order chi connectivity index (χ0) is 17.5. The Morgan fingerprint density at radius 3 is 2.29 bits per heavy atom. The van der Waals surface area contributed by atoms with Crippen LogP contribution in [0.3, 0.4) is 0 Å². The summed E-state index contributed by atoms with van der Waals surface area (Å²) in [6.07, 6.45) is 2.22. The van der Waals surface area contributed by atoms with Gasteiger partial charge in [-0.05, 0) is 54.4 Å². The van der Waals surface area contributed by atoms with Crippen LogP contribution in [0.4, 0.5) is 0 Å². The van der Waals surface area contributed by atoms with Crippen LogP contribution in [0.25, 0.3) is 0 Å². The largest absolute Gasteiger partial charge is 0.357 e. The van der Waals surface area contributed by atoms with Crippen molar-refractivity contribution in [3.05, 3.63) is 0 Å². The lowest BCUT2D eigenvalue weighted by Crippen LogP contribution is -2.50. The summed E-state index contributed by atoms with van der Waals surface area (Å²) in [6.45, 7) is 15.6. The molecule has 0 radical (unpaired) electrons. The summed E-state index contributed by atoms with van der Waals surface area (Å²) in [7, 11) is 0. The van der Waals surface area contributed by atoms with E-state index in [2.05, 4.69) is 39.7 Å². The van der Waals surface area contributed by atoms with Gasteiger partial charge in [0.2, 0.25) is 5.91 Å². The molecule has 0 atom stereocenters. The molecule has 24 heavy (non-hydrogen) atoms. The first-order chi connectivity index (χ1) is 10.7. The van der Waals surface area contributed by atoms with Crippen LogP contribution in [0, 0.1) is 0 Å². The molecule has 0 bridgehead atoms. The van der Waals surface area contributed by atoms with Crippen molar-refractivity contribution >= 4 is 35.8 Å². The third-order valence-electron chi connectivity index (χ3n) is 3.84. The Hall–Kier alpha value is -0.570. The smallest absolute Gasteiger partial charge is 0.242 e. The number of rotatable bonds is 5. The van der Waals surface area contributed by atoms with Gasteiger partial charge in [0, 0.05) is 37.3 Å². The topological polar surface area (TPSA) is 68.8 Å². The first-order valence-corrected chi connectivity index (χ1v) is 8.81. The highest BCUT2D eigenvalue weighted by molar-refractivity contribution is 14.0. The van der Waals surface area contributed by atoms with Gasteiger partial charge in [0.05, 0.1) is 0 Å². The van der Waals surface area contributed by atoms with Crippen LogP contribution in [0.15, 0.2) is 4.99 Å². The number of amides is 1. The number of aliphatic imine (C=N–C) groups is 1. The van der Waals surface area contributed by atoms with E-state index in [1.54, 1.807) is 0 Å². The normalized spacial score (nSPS) is 17.4. The number of nitrogens with zero attached hydrogens (tertiary/aromatic N) is 2. The molecule has 1 fully saturated rings. The fourth-order valence-corrected chi connectivity index (χ4v) is 2.68. The molecular weight excluding hydrogens is 417 g/mol. The van der Waals surface area contributed by atoms with Crippen LogP contribution in [0.5, 0.6) is 0 Å². The predicted molar refractivity (Wildman–Crippen MR) is 112 cm³/mol. The number of halogens is 1. The first-order valence-electron chi connectivity index (χ1n) is 8.81. The summed E-state index contributed by atoms with van der Waals surface area (Å²) in [6, 6.07) is 1.03. The van der Waals surface area contributed by atoms with E-state index in [-0.39, 0.29) is 42.0 Å². The van der Waals surface area contributed by atoms with Crippen molar-refractivity contribution in [3.8, 4) is 0 Å². The lowest BCUT2D eigenvalue weighted by molar-refractivity contribution is -0.121. The number of carbonyl (C=O) groups is 1. The van der Waals surface area contributed by atoms with E-state index >= 15 is 0 Å². The SMILES string of the molecule is CCNC(=NCC(=O)NC(C)(C)C)NC1CCN(C(C)C)CC1.I. The number of piperidine rings is 1. The molecule has 1 aliphatic heterocycles. The van der Waals surface area contributed by atoms with Crippen molar-refractivity contribution in [2.75, 3.05) is 26.2 Å². The molecule has 7 heteroatoms. The average Bonchev–Trinajstić information content (AvgIpc) is 2.44. The zero-order valence-corrected chi connectivity index (χ0v) is 18.4. The van der Waals surface area contributed by atoms with Crippen LogP contribution in [-0.4, -0.2) is 60.6 Å². The van der Waals surface area contributed by atoms with Gasteiger partial charge in [-0.1, -0.05) is 0 Å². The molecule has 0 spiro atoms. The number of guanidine groups is 1. The van der Waals surface area contributed by atoms with Gasteiger partial charge in [-0.2, -0.15) is 0 Å². The van der Waals surface area contributed by atoms with Crippen LogP contribution in [0.2, 0.25) is 0 Å². The number of likely N-dealkylation sites (tertiary alicyclic amines) is 1. The minimum absolute atomic E-state index is 0. The maximum absolute atomic E-state index is 11.9. The molecule has 6 nitrogen and oxygen atoms in total. The fraction of sp³-hybridized carbons (Fsp3) is 0.882. The summed E-state index contributed by atoms with van der Waals surface area (Å²) < 4.78 is 0. The van der Waals surface area contributed by atoms with Crippen molar-refractivity contribution in [3.63, 3.8) is 0 Å². The minimum atomic E-state index is -0.220. The van der Waals surface area contributed by atoms with E-state index in [0.29, 0.717) is 12.1 Å². The molecule has 1 heterocycles. The number of carbonyl (C=O) groups excluding carboxylic acids is 1. The van der Waals surface area contributed by atoms with Crippen LogP contribution < -0.4 is 16.0 Å². The zero-order valence-electron chi connectivity index (χ0n) is 16.1. The summed E-state index contributed by atoms with van der Waals surface area (Å²) in [5, 5.41) is 9.62. The summed E-state index contributed by atoms with van der Waals surface area (Å²) in [5.74, 6) is 0.684. The van der Waals surface area contributed by atoms with E-state index in [1.807, 2.05) is 27.7 Å².